The van der Waals surface area contributed by atoms with E-state index in [0.717, 1.165) is 23.0 Å². The van der Waals surface area contributed by atoms with E-state index < -0.39 is 0 Å². The molecule has 1 heterocycles. The predicted molar refractivity (Wildman–Crippen MR) is 66.7 cm³/mol. The summed E-state index contributed by atoms with van der Waals surface area (Å²) in [5.41, 5.74) is 1.99. The van der Waals surface area contributed by atoms with Crippen molar-refractivity contribution in [2.45, 2.75) is 19.8 Å². The zero-order valence-electron chi connectivity index (χ0n) is 9.44. The molecule has 0 saturated carbocycles. The van der Waals surface area contributed by atoms with Crippen LogP contribution in [0.1, 0.15) is 23.3 Å². The van der Waals surface area contributed by atoms with Gasteiger partial charge in [0.25, 0.3) is 0 Å². The molecule has 2 aromatic rings. The zero-order chi connectivity index (χ0) is 11.5. The Kier molecular flexibility index (Phi) is 2.91. The normalized spacial score (nSPS) is 10.6. The van der Waals surface area contributed by atoms with Gasteiger partial charge in [-0.1, -0.05) is 24.3 Å². The molecule has 82 valence electrons. The Morgan fingerprint density at radius 2 is 2.19 bits per heavy atom. The fourth-order valence-electron chi connectivity index (χ4n) is 1.96. The lowest BCUT2D eigenvalue weighted by molar-refractivity contribution is 0.0907. The van der Waals surface area contributed by atoms with Crippen molar-refractivity contribution in [1.82, 2.24) is 4.57 Å². The molecule has 2 heteroatoms. The molecule has 1 aromatic carbocycles. The van der Waals surface area contributed by atoms with Gasteiger partial charge in [0.15, 0.2) is 0 Å². The number of carbonyl (C=O) groups is 1. The summed E-state index contributed by atoms with van der Waals surface area (Å²) < 4.78 is 1.79. The molecular formula is C14H15NO. The number of hydrogen-bond acceptors (Lipinski definition) is 1. The van der Waals surface area contributed by atoms with Gasteiger partial charge in [-0.3, -0.25) is 9.36 Å². The lowest BCUT2D eigenvalue weighted by Crippen LogP contribution is -2.11. The number of nitrogens with zero attached hydrogens (tertiary/aromatic N) is 1. The molecule has 2 nitrogen and oxygen atoms in total. The fraction of sp³-hybridized carbons (Fsp3) is 0.214. The van der Waals surface area contributed by atoms with Crippen LogP contribution in [0.2, 0.25) is 0 Å². The van der Waals surface area contributed by atoms with E-state index in [4.69, 9.17) is 0 Å². The maximum atomic E-state index is 12.0. The van der Waals surface area contributed by atoms with Crippen LogP contribution >= 0.6 is 0 Å². The summed E-state index contributed by atoms with van der Waals surface area (Å²) in [6.45, 7) is 5.60. The molecule has 16 heavy (non-hydrogen) atoms. The Morgan fingerprint density at radius 1 is 1.44 bits per heavy atom. The van der Waals surface area contributed by atoms with Gasteiger partial charge in [0, 0.05) is 17.5 Å². The minimum Gasteiger partial charge on any atom is -0.285 e. The Balaban J connectivity index is 2.46. The Bertz CT molecular complexity index is 537. The van der Waals surface area contributed by atoms with E-state index in [2.05, 4.69) is 6.58 Å². The predicted octanol–water partition coefficient (Wildman–Crippen LogP) is 3.56. The largest absolute Gasteiger partial charge is 0.285 e. The van der Waals surface area contributed by atoms with Crippen molar-refractivity contribution < 1.29 is 4.79 Å². The van der Waals surface area contributed by atoms with Gasteiger partial charge in [-0.15, -0.1) is 6.58 Å². The van der Waals surface area contributed by atoms with Crippen LogP contribution in [0.4, 0.5) is 0 Å². The Hall–Kier alpha value is -1.83. The van der Waals surface area contributed by atoms with Crippen LogP contribution in [0.15, 0.2) is 43.0 Å². The van der Waals surface area contributed by atoms with Gasteiger partial charge in [-0.25, -0.2) is 0 Å². The third-order valence-corrected chi connectivity index (χ3v) is 2.71. The number of rotatable bonds is 3. The second-order valence-corrected chi connectivity index (χ2v) is 3.90. The van der Waals surface area contributed by atoms with Gasteiger partial charge in [0.05, 0.1) is 5.52 Å². The summed E-state index contributed by atoms with van der Waals surface area (Å²) >= 11 is 0. The van der Waals surface area contributed by atoms with Gasteiger partial charge in [-0.05, 0) is 25.5 Å². The number of hydrogen-bond donors (Lipinski definition) is 0. The smallest absolute Gasteiger partial charge is 0.231 e. The first-order chi connectivity index (χ1) is 7.74. The van der Waals surface area contributed by atoms with Crippen molar-refractivity contribution >= 4 is 16.8 Å². The average molecular weight is 213 g/mol. The van der Waals surface area contributed by atoms with Crippen molar-refractivity contribution in [3.05, 3.63) is 48.7 Å². The molecule has 0 fully saturated rings. The first-order valence-corrected chi connectivity index (χ1v) is 5.45. The highest BCUT2D eigenvalue weighted by atomic mass is 16.2. The molecule has 1 aromatic heterocycles. The number of benzene rings is 1. The quantitative estimate of drug-likeness (QED) is 0.714. The standard InChI is InChI=1S/C14H15NO/c1-3-4-9-14(16)15-11(2)10-12-7-5-6-8-13(12)15/h3,5-8,10H,1,4,9H2,2H3. The molecule has 0 spiro atoms. The molecule has 0 aliphatic carbocycles. The van der Waals surface area contributed by atoms with Crippen molar-refractivity contribution in [2.24, 2.45) is 0 Å². The van der Waals surface area contributed by atoms with Crippen molar-refractivity contribution in [3.8, 4) is 0 Å². The molecule has 0 radical (unpaired) electrons. The van der Waals surface area contributed by atoms with Crippen molar-refractivity contribution in [2.75, 3.05) is 0 Å². The minimum atomic E-state index is 0.138. The first kappa shape index (κ1) is 10.7. The molecule has 0 bridgehead atoms. The molecule has 0 amide bonds. The highest BCUT2D eigenvalue weighted by Gasteiger charge is 2.10. The molecule has 2 rings (SSSR count). The number of aromatic nitrogens is 1. The van der Waals surface area contributed by atoms with Crippen LogP contribution in [-0.4, -0.2) is 10.5 Å². The van der Waals surface area contributed by atoms with Crippen LogP contribution in [0.25, 0.3) is 10.9 Å². The lowest BCUT2D eigenvalue weighted by atomic mass is 10.2. The highest BCUT2D eigenvalue weighted by molar-refractivity contribution is 5.93. The van der Waals surface area contributed by atoms with E-state index in [1.807, 2.05) is 37.3 Å². The topological polar surface area (TPSA) is 22.0 Å². The van der Waals surface area contributed by atoms with Crippen molar-refractivity contribution in [3.63, 3.8) is 0 Å². The first-order valence-electron chi connectivity index (χ1n) is 5.45. The van der Waals surface area contributed by atoms with Gasteiger partial charge >= 0.3 is 0 Å². The maximum Gasteiger partial charge on any atom is 0.231 e. The molecule has 0 saturated heterocycles. The molecule has 0 aliphatic heterocycles. The molecule has 0 unspecified atom stereocenters. The molecule has 0 aliphatic rings. The lowest BCUT2D eigenvalue weighted by Gasteiger charge is -2.05. The fourth-order valence-corrected chi connectivity index (χ4v) is 1.96. The van der Waals surface area contributed by atoms with Crippen LogP contribution in [0.3, 0.4) is 0 Å². The number of fused-ring (bicyclic) bond motifs is 1. The number of aryl methyl sites for hydroxylation is 1. The second kappa shape index (κ2) is 4.35. The van der Waals surface area contributed by atoms with E-state index in [1.54, 1.807) is 10.6 Å². The number of allylic oxidation sites excluding steroid dienone is 1. The maximum absolute atomic E-state index is 12.0. The average Bonchev–Trinajstić information content (AvgIpc) is 2.62. The summed E-state index contributed by atoms with van der Waals surface area (Å²) in [5, 5.41) is 1.12. The van der Waals surface area contributed by atoms with E-state index >= 15 is 0 Å². The van der Waals surface area contributed by atoms with Gasteiger partial charge < -0.3 is 0 Å². The summed E-state index contributed by atoms with van der Waals surface area (Å²) in [7, 11) is 0. The SMILES string of the molecule is C=CCCC(=O)n1c(C)cc2ccccc21. The van der Waals surface area contributed by atoms with Crippen LogP contribution in [0, 0.1) is 6.92 Å². The van der Waals surface area contributed by atoms with E-state index in [9.17, 15) is 4.79 Å². The van der Waals surface area contributed by atoms with Crippen LogP contribution in [-0.2, 0) is 0 Å². The van der Waals surface area contributed by atoms with Gasteiger partial charge in [-0.2, -0.15) is 0 Å². The third kappa shape index (κ3) is 1.78. The number of para-hydroxylation sites is 1. The molecule has 0 N–H and O–H groups in total. The summed E-state index contributed by atoms with van der Waals surface area (Å²) in [4.78, 5) is 12.0. The van der Waals surface area contributed by atoms with Gasteiger partial charge in [0.2, 0.25) is 5.91 Å². The Labute approximate surface area is 95.2 Å². The monoisotopic (exact) mass is 213 g/mol. The summed E-state index contributed by atoms with van der Waals surface area (Å²) in [6.07, 6.45) is 3.02. The van der Waals surface area contributed by atoms with Gasteiger partial charge in [0.1, 0.15) is 0 Å². The number of carbonyl (C=O) groups excluding carboxylic acids is 1. The van der Waals surface area contributed by atoms with Crippen LogP contribution in [0.5, 0.6) is 0 Å². The van der Waals surface area contributed by atoms with E-state index in [-0.39, 0.29) is 5.91 Å². The summed E-state index contributed by atoms with van der Waals surface area (Å²) in [6, 6.07) is 9.99. The third-order valence-electron chi connectivity index (χ3n) is 2.71. The highest BCUT2D eigenvalue weighted by Crippen LogP contribution is 2.19. The van der Waals surface area contributed by atoms with Crippen LogP contribution < -0.4 is 0 Å². The summed E-state index contributed by atoms with van der Waals surface area (Å²) in [5.74, 6) is 0.138. The Morgan fingerprint density at radius 3 is 2.94 bits per heavy atom. The minimum absolute atomic E-state index is 0.138. The van der Waals surface area contributed by atoms with E-state index in [1.165, 1.54) is 0 Å². The zero-order valence-corrected chi connectivity index (χ0v) is 9.44. The second-order valence-electron chi connectivity index (χ2n) is 3.90. The molecular weight excluding hydrogens is 198 g/mol. The van der Waals surface area contributed by atoms with Crippen molar-refractivity contribution in [1.29, 1.82) is 0 Å². The molecule has 0 atom stereocenters. The van der Waals surface area contributed by atoms with E-state index in [0.29, 0.717) is 6.42 Å².